The molecule has 0 fully saturated rings. The van der Waals surface area contributed by atoms with Crippen LogP contribution in [0.1, 0.15) is 61.0 Å². The topological polar surface area (TPSA) is 68.3 Å². The summed E-state index contributed by atoms with van der Waals surface area (Å²) in [6.07, 6.45) is 1.44. The Labute approximate surface area is 143 Å². The average molecular weight is 337 g/mol. The minimum atomic E-state index is -0.157. The van der Waals surface area contributed by atoms with Gasteiger partial charge in [-0.2, -0.15) is 0 Å². The Morgan fingerprint density at radius 2 is 1.87 bits per heavy atom. The van der Waals surface area contributed by atoms with Crippen molar-refractivity contribution in [3.05, 3.63) is 59.0 Å². The van der Waals surface area contributed by atoms with Crippen molar-refractivity contribution >= 4 is 18.3 Å². The van der Waals surface area contributed by atoms with E-state index in [1.807, 2.05) is 6.92 Å². The highest BCUT2D eigenvalue weighted by atomic mass is 35.5. The van der Waals surface area contributed by atoms with E-state index in [4.69, 9.17) is 10.2 Å². The second kappa shape index (κ2) is 7.66. The second-order valence-electron chi connectivity index (χ2n) is 6.57. The van der Waals surface area contributed by atoms with E-state index >= 15 is 0 Å². The summed E-state index contributed by atoms with van der Waals surface area (Å²) in [5.74, 6) is 0.447. The molecule has 1 atom stereocenters. The third-order valence-electron chi connectivity index (χ3n) is 3.74. The van der Waals surface area contributed by atoms with Crippen LogP contribution in [0.4, 0.5) is 0 Å². The fraction of sp³-hybridized carbons (Fsp3) is 0.389. The highest BCUT2D eigenvalue weighted by molar-refractivity contribution is 5.94. The van der Waals surface area contributed by atoms with Gasteiger partial charge in [0.25, 0.3) is 5.91 Å². The lowest BCUT2D eigenvalue weighted by atomic mass is 9.86. The van der Waals surface area contributed by atoms with Crippen molar-refractivity contribution in [3.8, 4) is 0 Å². The lowest BCUT2D eigenvalue weighted by Gasteiger charge is -2.20. The first kappa shape index (κ1) is 19.3. The van der Waals surface area contributed by atoms with Crippen LogP contribution in [0.15, 0.2) is 41.0 Å². The smallest absolute Gasteiger partial charge is 0.255 e. The summed E-state index contributed by atoms with van der Waals surface area (Å²) >= 11 is 0. The fourth-order valence-electron chi connectivity index (χ4n) is 2.24. The van der Waals surface area contributed by atoms with E-state index in [1.165, 1.54) is 11.8 Å². The molecule has 4 nitrogen and oxygen atoms in total. The lowest BCUT2D eigenvalue weighted by molar-refractivity contribution is 0.0939. The normalized spacial score (nSPS) is 12.4. The van der Waals surface area contributed by atoms with E-state index in [0.29, 0.717) is 11.3 Å². The summed E-state index contributed by atoms with van der Waals surface area (Å²) in [4.78, 5) is 12.2. The maximum atomic E-state index is 12.2. The predicted molar refractivity (Wildman–Crippen MR) is 94.9 cm³/mol. The third kappa shape index (κ3) is 4.85. The van der Waals surface area contributed by atoms with Crippen LogP contribution >= 0.6 is 12.4 Å². The zero-order chi connectivity index (χ0) is 16.3. The first-order chi connectivity index (χ1) is 10.3. The molecule has 126 valence electrons. The van der Waals surface area contributed by atoms with Crippen molar-refractivity contribution in [1.29, 1.82) is 0 Å². The van der Waals surface area contributed by atoms with Crippen molar-refractivity contribution in [2.75, 3.05) is 0 Å². The van der Waals surface area contributed by atoms with E-state index in [-0.39, 0.29) is 36.3 Å². The van der Waals surface area contributed by atoms with Gasteiger partial charge in [0.2, 0.25) is 0 Å². The molecule has 2 aromatic rings. The first-order valence-electron chi connectivity index (χ1n) is 7.50. The molecular weight excluding hydrogens is 312 g/mol. The Hall–Kier alpha value is -1.78. The van der Waals surface area contributed by atoms with E-state index in [2.05, 4.69) is 50.4 Å². The van der Waals surface area contributed by atoms with Crippen LogP contribution in [0.3, 0.4) is 0 Å². The van der Waals surface area contributed by atoms with Gasteiger partial charge >= 0.3 is 0 Å². The summed E-state index contributed by atoms with van der Waals surface area (Å²) < 4.78 is 5.19. The number of benzene rings is 1. The molecule has 5 heteroatoms. The Kier molecular flexibility index (Phi) is 6.42. The summed E-state index contributed by atoms with van der Waals surface area (Å²) in [7, 11) is 0. The second-order valence-corrected chi connectivity index (χ2v) is 6.57. The van der Waals surface area contributed by atoms with Gasteiger partial charge in [-0.05, 0) is 29.5 Å². The van der Waals surface area contributed by atoms with Crippen molar-refractivity contribution in [3.63, 3.8) is 0 Å². The molecule has 23 heavy (non-hydrogen) atoms. The van der Waals surface area contributed by atoms with Gasteiger partial charge in [-0.25, -0.2) is 0 Å². The van der Waals surface area contributed by atoms with Gasteiger partial charge in [-0.3, -0.25) is 4.79 Å². The molecular formula is C18H25ClN2O2. The summed E-state index contributed by atoms with van der Waals surface area (Å²) in [6, 6.07) is 9.95. The molecule has 0 aliphatic heterocycles. The highest BCUT2D eigenvalue weighted by Gasteiger charge is 2.16. The number of carbonyl (C=O) groups excluding carboxylic acids is 1. The number of furan rings is 1. The quantitative estimate of drug-likeness (QED) is 0.888. The first-order valence-corrected chi connectivity index (χ1v) is 7.50. The lowest BCUT2D eigenvalue weighted by Crippen LogP contribution is -2.26. The molecule has 0 saturated carbocycles. The van der Waals surface area contributed by atoms with Gasteiger partial charge in [-0.15, -0.1) is 12.4 Å². The van der Waals surface area contributed by atoms with Gasteiger partial charge in [0.05, 0.1) is 18.2 Å². The molecule has 0 aliphatic carbocycles. The number of rotatable bonds is 4. The molecule has 0 spiro atoms. The number of nitrogens with one attached hydrogen (secondary N) is 1. The molecule has 0 saturated heterocycles. The van der Waals surface area contributed by atoms with Gasteiger partial charge in [0, 0.05) is 0 Å². The molecule has 1 aromatic carbocycles. The molecule has 1 aromatic heterocycles. The minimum Gasteiger partial charge on any atom is -0.467 e. The van der Waals surface area contributed by atoms with Crippen LogP contribution in [-0.4, -0.2) is 5.91 Å². The number of hydrogen-bond acceptors (Lipinski definition) is 3. The SMILES string of the molecule is CC(NC(=O)c1coc(CN)c1)c1ccc(C(C)(C)C)cc1.Cl. The van der Waals surface area contributed by atoms with Crippen LogP contribution in [0.25, 0.3) is 0 Å². The van der Waals surface area contributed by atoms with Crippen molar-refractivity contribution < 1.29 is 9.21 Å². The average Bonchev–Trinajstić information content (AvgIpc) is 2.95. The van der Waals surface area contributed by atoms with Gasteiger partial charge in [0.15, 0.2) is 0 Å². The standard InChI is InChI=1S/C18H24N2O2.ClH/c1-12(13-5-7-15(8-6-13)18(2,3)4)20-17(21)14-9-16(10-19)22-11-14;/h5-9,11-12H,10,19H2,1-4H3,(H,20,21);1H. The van der Waals surface area contributed by atoms with E-state index < -0.39 is 0 Å². The van der Waals surface area contributed by atoms with E-state index in [0.717, 1.165) is 5.56 Å². The number of carbonyl (C=O) groups is 1. The van der Waals surface area contributed by atoms with Crippen LogP contribution in [0, 0.1) is 0 Å². The van der Waals surface area contributed by atoms with Gasteiger partial charge < -0.3 is 15.5 Å². The summed E-state index contributed by atoms with van der Waals surface area (Å²) in [6.45, 7) is 8.80. The third-order valence-corrected chi connectivity index (χ3v) is 3.74. The maximum absolute atomic E-state index is 12.2. The molecule has 0 aliphatic rings. The molecule has 1 amide bonds. The maximum Gasteiger partial charge on any atom is 0.255 e. The van der Waals surface area contributed by atoms with Crippen LogP contribution in [-0.2, 0) is 12.0 Å². The predicted octanol–water partition coefficient (Wildman–Crippen LogP) is 3.95. The number of amides is 1. The molecule has 2 rings (SSSR count). The molecule has 1 unspecified atom stereocenters. The largest absolute Gasteiger partial charge is 0.467 e. The zero-order valence-corrected chi connectivity index (χ0v) is 14.9. The Bertz CT molecular complexity index is 642. The number of nitrogens with two attached hydrogens (primary N) is 1. The van der Waals surface area contributed by atoms with E-state index in [1.54, 1.807) is 6.07 Å². The summed E-state index contributed by atoms with van der Waals surface area (Å²) in [5, 5.41) is 2.97. The zero-order valence-electron chi connectivity index (χ0n) is 14.1. The van der Waals surface area contributed by atoms with Crippen molar-refractivity contribution in [2.24, 2.45) is 5.73 Å². The van der Waals surface area contributed by atoms with Gasteiger partial charge in [-0.1, -0.05) is 45.0 Å². The van der Waals surface area contributed by atoms with Crippen LogP contribution in [0.5, 0.6) is 0 Å². The van der Waals surface area contributed by atoms with Crippen molar-refractivity contribution in [1.82, 2.24) is 5.32 Å². The monoisotopic (exact) mass is 336 g/mol. The fourth-order valence-corrected chi connectivity index (χ4v) is 2.24. The van der Waals surface area contributed by atoms with Gasteiger partial charge in [0.1, 0.15) is 12.0 Å². The number of halogens is 1. The summed E-state index contributed by atoms with van der Waals surface area (Å²) in [5.41, 5.74) is 8.45. The molecule has 0 radical (unpaired) electrons. The van der Waals surface area contributed by atoms with E-state index in [9.17, 15) is 4.79 Å². The number of hydrogen-bond donors (Lipinski definition) is 2. The minimum absolute atomic E-state index is 0. The highest BCUT2D eigenvalue weighted by Crippen LogP contribution is 2.24. The molecule has 3 N–H and O–H groups in total. The Morgan fingerprint density at radius 3 is 2.35 bits per heavy atom. The van der Waals surface area contributed by atoms with Crippen LogP contribution < -0.4 is 11.1 Å². The van der Waals surface area contributed by atoms with Crippen molar-refractivity contribution in [2.45, 2.75) is 45.7 Å². The molecule has 1 heterocycles. The Morgan fingerprint density at radius 1 is 1.26 bits per heavy atom. The van der Waals surface area contributed by atoms with Crippen LogP contribution in [0.2, 0.25) is 0 Å². The molecule has 0 bridgehead atoms. The Balaban J connectivity index is 0.00000264.